The highest BCUT2D eigenvalue weighted by Gasteiger charge is 2.27. The van der Waals surface area contributed by atoms with Crippen LogP contribution in [0.1, 0.15) is 34.9 Å². The number of aromatic nitrogens is 4. The smallest absolute Gasteiger partial charge is 0.256 e. The van der Waals surface area contributed by atoms with E-state index in [2.05, 4.69) is 21.5 Å². The molecule has 0 saturated carbocycles. The Morgan fingerprint density at radius 3 is 2.76 bits per heavy atom. The van der Waals surface area contributed by atoms with Crippen molar-refractivity contribution in [2.75, 3.05) is 24.1 Å². The number of nitrogen functional groups attached to an aromatic ring is 1. The number of imidazole rings is 1. The summed E-state index contributed by atoms with van der Waals surface area (Å²) >= 11 is 0. The molecule has 3 aromatic heterocycles. The van der Waals surface area contributed by atoms with E-state index < -0.39 is 0 Å². The number of pyridine rings is 1. The third-order valence-electron chi connectivity index (χ3n) is 5.87. The molecule has 3 N–H and O–H groups in total. The zero-order valence-corrected chi connectivity index (χ0v) is 17.8. The predicted octanol–water partition coefficient (Wildman–Crippen LogP) is 3.29. The van der Waals surface area contributed by atoms with Gasteiger partial charge >= 0.3 is 0 Å². The molecule has 33 heavy (non-hydrogen) atoms. The molecule has 0 bridgehead atoms. The number of rotatable bonds is 4. The van der Waals surface area contributed by atoms with E-state index in [1.54, 1.807) is 41.6 Å². The zero-order valence-electron chi connectivity index (χ0n) is 17.8. The van der Waals surface area contributed by atoms with Crippen LogP contribution in [0.25, 0.3) is 16.8 Å². The summed E-state index contributed by atoms with van der Waals surface area (Å²) in [6.45, 7) is 1.40. The van der Waals surface area contributed by atoms with Crippen molar-refractivity contribution in [3.05, 3.63) is 72.4 Å². The number of anilines is 2. The maximum Gasteiger partial charge on any atom is 0.256 e. The van der Waals surface area contributed by atoms with Gasteiger partial charge in [-0.05, 0) is 37.1 Å². The number of nitriles is 1. The van der Waals surface area contributed by atoms with Crippen molar-refractivity contribution < 1.29 is 4.79 Å². The minimum absolute atomic E-state index is 0.116. The molecule has 0 radical (unpaired) electrons. The number of nitrogens with zero attached hydrogens (tertiary/aromatic N) is 6. The first-order chi connectivity index (χ1) is 16.1. The summed E-state index contributed by atoms with van der Waals surface area (Å²) in [5, 5.41) is 12.1. The molecule has 1 atom stereocenters. The van der Waals surface area contributed by atoms with Crippen LogP contribution >= 0.6 is 0 Å². The Kier molecular flexibility index (Phi) is 5.32. The predicted molar refractivity (Wildman–Crippen MR) is 124 cm³/mol. The quantitative estimate of drug-likeness (QED) is 0.468. The Labute approximate surface area is 190 Å². The number of amides is 1. The summed E-state index contributed by atoms with van der Waals surface area (Å²) < 4.78 is 1.98. The summed E-state index contributed by atoms with van der Waals surface area (Å²) in [4.78, 5) is 27.7. The van der Waals surface area contributed by atoms with E-state index in [9.17, 15) is 10.1 Å². The fraction of sp³-hybridized carbons (Fsp3) is 0.208. The maximum absolute atomic E-state index is 12.6. The number of likely N-dealkylation sites (tertiary alicyclic amines) is 1. The molecule has 1 amide bonds. The van der Waals surface area contributed by atoms with Gasteiger partial charge in [-0.1, -0.05) is 18.2 Å². The lowest BCUT2D eigenvalue weighted by molar-refractivity contribution is 0.102. The van der Waals surface area contributed by atoms with E-state index in [1.165, 1.54) is 0 Å². The van der Waals surface area contributed by atoms with Crippen LogP contribution in [-0.4, -0.2) is 43.2 Å². The Balaban J connectivity index is 1.48. The van der Waals surface area contributed by atoms with Crippen LogP contribution in [-0.2, 0) is 0 Å². The molecule has 9 heteroatoms. The molecule has 1 aromatic carbocycles. The van der Waals surface area contributed by atoms with E-state index >= 15 is 0 Å². The van der Waals surface area contributed by atoms with Crippen molar-refractivity contribution in [1.29, 1.82) is 5.26 Å². The summed E-state index contributed by atoms with van der Waals surface area (Å²) in [5.41, 5.74) is 9.03. The van der Waals surface area contributed by atoms with Crippen molar-refractivity contribution >= 4 is 23.1 Å². The van der Waals surface area contributed by atoms with Gasteiger partial charge in [0.05, 0.1) is 0 Å². The molecule has 164 valence electrons. The number of hydrogen-bond acceptors (Lipinski definition) is 7. The van der Waals surface area contributed by atoms with Gasteiger partial charge in [-0.3, -0.25) is 9.20 Å². The molecule has 1 fully saturated rings. The fourth-order valence-electron chi connectivity index (χ4n) is 4.26. The van der Waals surface area contributed by atoms with Crippen molar-refractivity contribution in [3.63, 3.8) is 0 Å². The first-order valence-corrected chi connectivity index (χ1v) is 10.7. The van der Waals surface area contributed by atoms with Crippen molar-refractivity contribution in [3.8, 4) is 17.5 Å². The van der Waals surface area contributed by atoms with Crippen LogP contribution in [0.3, 0.4) is 0 Å². The highest BCUT2D eigenvalue weighted by molar-refractivity contribution is 6.04. The van der Waals surface area contributed by atoms with Crippen LogP contribution in [0.4, 0.5) is 11.6 Å². The van der Waals surface area contributed by atoms with Gasteiger partial charge < -0.3 is 16.0 Å². The lowest BCUT2D eigenvalue weighted by Gasteiger charge is -2.27. The molecule has 1 saturated heterocycles. The molecule has 9 nitrogen and oxygen atoms in total. The van der Waals surface area contributed by atoms with E-state index in [0.717, 1.165) is 36.3 Å². The van der Waals surface area contributed by atoms with Crippen molar-refractivity contribution in [2.45, 2.75) is 18.8 Å². The third kappa shape index (κ3) is 3.94. The molecule has 4 aromatic rings. The minimum Gasteiger partial charge on any atom is -0.382 e. The van der Waals surface area contributed by atoms with Crippen LogP contribution in [0.5, 0.6) is 0 Å². The summed E-state index contributed by atoms with van der Waals surface area (Å²) in [5.74, 6) is 1.62. The molecule has 0 spiro atoms. The largest absolute Gasteiger partial charge is 0.382 e. The van der Waals surface area contributed by atoms with Crippen LogP contribution in [0.2, 0.25) is 0 Å². The van der Waals surface area contributed by atoms with E-state index in [1.807, 2.05) is 28.8 Å². The fourth-order valence-corrected chi connectivity index (χ4v) is 4.26. The van der Waals surface area contributed by atoms with Crippen molar-refractivity contribution in [1.82, 2.24) is 24.3 Å². The number of nitrogens with one attached hydrogen (secondary N) is 1. The SMILES string of the molecule is N#CN1CCC[C@@H](c2nc(-c3ccc(C(=O)Nc4ccccn4)cc3)c3c(N)nccn23)C1. The van der Waals surface area contributed by atoms with Gasteiger partial charge in [0.1, 0.15) is 28.7 Å². The topological polar surface area (TPSA) is 125 Å². The molecule has 0 aliphatic carbocycles. The Bertz CT molecular complexity index is 1340. The van der Waals surface area contributed by atoms with E-state index in [0.29, 0.717) is 29.4 Å². The standard InChI is InChI=1S/C24H22N8O/c25-15-31-12-3-4-18(14-31)23-30-20(21-22(26)28-11-13-32(21)23)16-6-8-17(9-7-16)24(33)29-19-5-1-2-10-27-19/h1-2,5-11,13,18H,3-4,12,14H2,(H2,26,28)(H,27,29,33)/t18-/m1/s1. The maximum atomic E-state index is 12.6. The summed E-state index contributed by atoms with van der Waals surface area (Å²) in [7, 11) is 0. The first kappa shape index (κ1) is 20.5. The number of carbonyl (C=O) groups excluding carboxylic acids is 1. The monoisotopic (exact) mass is 438 g/mol. The van der Waals surface area contributed by atoms with Gasteiger partial charge in [-0.2, -0.15) is 5.26 Å². The molecule has 1 aliphatic rings. The molecule has 0 unspecified atom stereocenters. The minimum atomic E-state index is -0.240. The number of benzene rings is 1. The van der Waals surface area contributed by atoms with Gasteiger partial charge in [0.25, 0.3) is 5.91 Å². The highest BCUT2D eigenvalue weighted by Crippen LogP contribution is 2.33. The molecule has 1 aliphatic heterocycles. The number of fused-ring (bicyclic) bond motifs is 1. The second-order valence-electron chi connectivity index (χ2n) is 7.98. The summed E-state index contributed by atoms with van der Waals surface area (Å²) in [6.07, 6.45) is 9.28. The Hall–Kier alpha value is -4.45. The lowest BCUT2D eigenvalue weighted by atomic mass is 9.98. The number of piperidine rings is 1. The van der Waals surface area contributed by atoms with E-state index in [-0.39, 0.29) is 11.8 Å². The van der Waals surface area contributed by atoms with Gasteiger partial charge in [-0.15, -0.1) is 0 Å². The Morgan fingerprint density at radius 2 is 2.00 bits per heavy atom. The molecular formula is C24H22N8O. The average molecular weight is 438 g/mol. The average Bonchev–Trinajstić information content (AvgIpc) is 3.26. The van der Waals surface area contributed by atoms with Gasteiger partial charge in [0, 0.05) is 48.7 Å². The Morgan fingerprint density at radius 1 is 1.15 bits per heavy atom. The second-order valence-corrected chi connectivity index (χ2v) is 7.98. The normalized spacial score (nSPS) is 15.8. The number of hydrogen-bond donors (Lipinski definition) is 2. The second kappa shape index (κ2) is 8.59. The van der Waals surface area contributed by atoms with Gasteiger partial charge in [-0.25, -0.2) is 15.0 Å². The van der Waals surface area contributed by atoms with Crippen molar-refractivity contribution in [2.24, 2.45) is 0 Å². The first-order valence-electron chi connectivity index (χ1n) is 10.7. The lowest BCUT2D eigenvalue weighted by Crippen LogP contribution is -2.31. The van der Waals surface area contributed by atoms with Gasteiger partial charge in [0.2, 0.25) is 0 Å². The van der Waals surface area contributed by atoms with Crippen LogP contribution in [0, 0.1) is 11.5 Å². The van der Waals surface area contributed by atoms with Crippen LogP contribution in [0.15, 0.2) is 61.1 Å². The van der Waals surface area contributed by atoms with Crippen LogP contribution < -0.4 is 11.1 Å². The van der Waals surface area contributed by atoms with E-state index in [4.69, 9.17) is 10.7 Å². The highest BCUT2D eigenvalue weighted by atomic mass is 16.1. The summed E-state index contributed by atoms with van der Waals surface area (Å²) in [6, 6.07) is 12.6. The number of carbonyl (C=O) groups is 1. The molecule has 4 heterocycles. The van der Waals surface area contributed by atoms with Gasteiger partial charge in [0.15, 0.2) is 6.19 Å². The molecule has 5 rings (SSSR count). The third-order valence-corrected chi connectivity index (χ3v) is 5.87. The molecular weight excluding hydrogens is 416 g/mol. The number of nitrogens with two attached hydrogens (primary N) is 1. The zero-order chi connectivity index (χ0) is 22.8.